The number of pyridine rings is 1. The lowest BCUT2D eigenvalue weighted by Gasteiger charge is -2.30. The Labute approximate surface area is 97.4 Å². The first-order chi connectivity index (χ1) is 7.66. The lowest BCUT2D eigenvalue weighted by Crippen LogP contribution is -2.39. The van der Waals surface area contributed by atoms with E-state index in [0.29, 0.717) is 6.61 Å². The number of methoxy groups -OCH3 is 1. The molecule has 2 unspecified atom stereocenters. The van der Waals surface area contributed by atoms with Crippen LogP contribution in [0.1, 0.15) is 18.7 Å². The van der Waals surface area contributed by atoms with Gasteiger partial charge in [-0.25, -0.2) is 0 Å². The van der Waals surface area contributed by atoms with Crippen LogP contribution in [0.15, 0.2) is 24.4 Å². The quantitative estimate of drug-likeness (QED) is 0.783. The molecule has 0 aliphatic rings. The van der Waals surface area contributed by atoms with Crippen molar-refractivity contribution >= 4 is 0 Å². The van der Waals surface area contributed by atoms with Gasteiger partial charge in [0.1, 0.15) is 0 Å². The van der Waals surface area contributed by atoms with Crippen molar-refractivity contribution in [1.29, 1.82) is 0 Å². The van der Waals surface area contributed by atoms with Gasteiger partial charge in [-0.1, -0.05) is 6.07 Å². The zero-order valence-electron chi connectivity index (χ0n) is 10.3. The van der Waals surface area contributed by atoms with Gasteiger partial charge in [-0.15, -0.1) is 0 Å². The van der Waals surface area contributed by atoms with Gasteiger partial charge in [0.05, 0.1) is 18.3 Å². The Balaban J connectivity index is 2.75. The van der Waals surface area contributed by atoms with Crippen LogP contribution in [-0.2, 0) is 4.74 Å². The molecule has 2 atom stereocenters. The minimum atomic E-state index is 0.0387. The molecule has 1 aromatic heterocycles. The van der Waals surface area contributed by atoms with E-state index in [1.54, 1.807) is 13.3 Å². The Hall–Kier alpha value is -0.970. The Morgan fingerprint density at radius 2 is 2.25 bits per heavy atom. The van der Waals surface area contributed by atoms with Crippen LogP contribution in [-0.4, -0.2) is 43.2 Å². The van der Waals surface area contributed by atoms with E-state index < -0.39 is 0 Å². The number of nitrogens with zero attached hydrogens (tertiary/aromatic N) is 2. The molecule has 2 N–H and O–H groups in total. The fourth-order valence-corrected chi connectivity index (χ4v) is 1.82. The van der Waals surface area contributed by atoms with Crippen LogP contribution < -0.4 is 5.73 Å². The van der Waals surface area contributed by atoms with Gasteiger partial charge in [0, 0.05) is 25.9 Å². The van der Waals surface area contributed by atoms with Crippen molar-refractivity contribution in [3.63, 3.8) is 0 Å². The summed E-state index contributed by atoms with van der Waals surface area (Å²) in [6.45, 7) is 3.55. The fraction of sp³-hybridized carbons (Fsp3) is 0.583. The van der Waals surface area contributed by atoms with Gasteiger partial charge in [-0.05, 0) is 26.1 Å². The second-order valence-corrected chi connectivity index (χ2v) is 4.03. The molecule has 4 nitrogen and oxygen atoms in total. The molecule has 4 heteroatoms. The average Bonchev–Trinajstić information content (AvgIpc) is 2.27. The van der Waals surface area contributed by atoms with Crippen LogP contribution in [0.5, 0.6) is 0 Å². The number of aromatic nitrogens is 1. The van der Waals surface area contributed by atoms with Gasteiger partial charge in [-0.2, -0.15) is 0 Å². The number of ether oxygens (including phenoxy) is 1. The largest absolute Gasteiger partial charge is 0.383 e. The van der Waals surface area contributed by atoms with Crippen molar-refractivity contribution in [2.75, 3.05) is 27.3 Å². The Bertz CT molecular complexity index is 290. The minimum Gasteiger partial charge on any atom is -0.383 e. The van der Waals surface area contributed by atoms with E-state index in [9.17, 15) is 0 Å². The molecule has 0 aromatic carbocycles. The molecule has 0 spiro atoms. The average molecular weight is 223 g/mol. The molecule has 1 aromatic rings. The highest BCUT2D eigenvalue weighted by atomic mass is 16.5. The second-order valence-electron chi connectivity index (χ2n) is 4.03. The maximum Gasteiger partial charge on any atom is 0.0669 e. The predicted octanol–water partition coefficient (Wildman–Crippen LogP) is 1.05. The molecule has 0 saturated carbocycles. The van der Waals surface area contributed by atoms with Crippen LogP contribution in [0.25, 0.3) is 0 Å². The van der Waals surface area contributed by atoms with Crippen molar-refractivity contribution in [2.24, 2.45) is 5.73 Å². The maximum atomic E-state index is 6.02. The molecule has 0 fully saturated rings. The normalized spacial score (nSPS) is 15.1. The van der Waals surface area contributed by atoms with Crippen molar-refractivity contribution in [3.8, 4) is 0 Å². The first-order valence-electron chi connectivity index (χ1n) is 5.52. The SMILES string of the molecule is COCCN(C)C(c1ccccn1)C(C)N. The monoisotopic (exact) mass is 223 g/mol. The van der Waals surface area contributed by atoms with Crippen LogP contribution in [0.2, 0.25) is 0 Å². The maximum absolute atomic E-state index is 6.02. The van der Waals surface area contributed by atoms with E-state index in [1.807, 2.05) is 32.2 Å². The molecular weight excluding hydrogens is 202 g/mol. The van der Waals surface area contributed by atoms with E-state index in [4.69, 9.17) is 10.5 Å². The summed E-state index contributed by atoms with van der Waals surface area (Å²) in [7, 11) is 3.75. The topological polar surface area (TPSA) is 51.4 Å². The van der Waals surface area contributed by atoms with Crippen LogP contribution in [0.3, 0.4) is 0 Å². The first-order valence-corrected chi connectivity index (χ1v) is 5.52. The number of nitrogens with two attached hydrogens (primary N) is 1. The summed E-state index contributed by atoms with van der Waals surface area (Å²) in [6, 6.07) is 6.09. The van der Waals surface area contributed by atoms with Crippen LogP contribution >= 0.6 is 0 Å². The zero-order valence-corrected chi connectivity index (χ0v) is 10.3. The highest BCUT2D eigenvalue weighted by Crippen LogP contribution is 2.19. The Morgan fingerprint density at radius 3 is 2.75 bits per heavy atom. The molecule has 90 valence electrons. The predicted molar refractivity (Wildman–Crippen MR) is 65.1 cm³/mol. The number of hydrogen-bond acceptors (Lipinski definition) is 4. The molecule has 0 bridgehead atoms. The minimum absolute atomic E-state index is 0.0387. The molecule has 0 aliphatic carbocycles. The van der Waals surface area contributed by atoms with E-state index in [0.717, 1.165) is 12.2 Å². The summed E-state index contributed by atoms with van der Waals surface area (Å²) in [4.78, 5) is 6.54. The third-order valence-corrected chi connectivity index (χ3v) is 2.61. The van der Waals surface area contributed by atoms with Crippen molar-refractivity contribution in [3.05, 3.63) is 30.1 Å². The lowest BCUT2D eigenvalue weighted by atomic mass is 10.1. The first kappa shape index (κ1) is 13.1. The van der Waals surface area contributed by atoms with E-state index >= 15 is 0 Å². The summed E-state index contributed by atoms with van der Waals surface area (Å²) >= 11 is 0. The molecule has 16 heavy (non-hydrogen) atoms. The van der Waals surface area contributed by atoms with Crippen LogP contribution in [0.4, 0.5) is 0 Å². The van der Waals surface area contributed by atoms with E-state index in [2.05, 4.69) is 9.88 Å². The molecule has 1 rings (SSSR count). The molecule has 0 radical (unpaired) electrons. The van der Waals surface area contributed by atoms with Crippen molar-refractivity contribution < 1.29 is 4.74 Å². The summed E-state index contributed by atoms with van der Waals surface area (Å²) in [6.07, 6.45) is 1.80. The molecule has 1 heterocycles. The molecular formula is C12H21N3O. The summed E-state index contributed by atoms with van der Waals surface area (Å²) in [5.41, 5.74) is 7.03. The van der Waals surface area contributed by atoms with E-state index in [-0.39, 0.29) is 12.1 Å². The zero-order chi connectivity index (χ0) is 12.0. The number of rotatable bonds is 6. The number of likely N-dealkylation sites (N-methyl/N-ethyl adjacent to an activating group) is 1. The smallest absolute Gasteiger partial charge is 0.0669 e. The highest BCUT2D eigenvalue weighted by molar-refractivity contribution is 5.10. The summed E-state index contributed by atoms with van der Waals surface area (Å²) in [5.74, 6) is 0. The van der Waals surface area contributed by atoms with Crippen molar-refractivity contribution in [1.82, 2.24) is 9.88 Å². The van der Waals surface area contributed by atoms with Gasteiger partial charge >= 0.3 is 0 Å². The number of hydrogen-bond donors (Lipinski definition) is 1. The Morgan fingerprint density at radius 1 is 1.50 bits per heavy atom. The van der Waals surface area contributed by atoms with Gasteiger partial charge in [0.15, 0.2) is 0 Å². The standard InChI is InChI=1S/C12H21N3O/c1-10(13)12(15(2)8-9-16-3)11-6-4-5-7-14-11/h4-7,10,12H,8-9,13H2,1-3H3. The van der Waals surface area contributed by atoms with Gasteiger partial charge in [0.2, 0.25) is 0 Å². The molecule has 0 amide bonds. The summed E-state index contributed by atoms with van der Waals surface area (Å²) < 4.78 is 5.08. The van der Waals surface area contributed by atoms with Gasteiger partial charge in [-0.3, -0.25) is 9.88 Å². The van der Waals surface area contributed by atoms with Crippen molar-refractivity contribution in [2.45, 2.75) is 19.0 Å². The lowest BCUT2D eigenvalue weighted by molar-refractivity contribution is 0.129. The fourth-order valence-electron chi connectivity index (χ4n) is 1.82. The van der Waals surface area contributed by atoms with Gasteiger partial charge < -0.3 is 10.5 Å². The molecule has 0 saturated heterocycles. The summed E-state index contributed by atoms with van der Waals surface area (Å²) in [5, 5.41) is 0. The van der Waals surface area contributed by atoms with Gasteiger partial charge in [0.25, 0.3) is 0 Å². The Kier molecular flexibility index (Phi) is 5.38. The second kappa shape index (κ2) is 6.58. The third-order valence-electron chi connectivity index (χ3n) is 2.61. The highest BCUT2D eigenvalue weighted by Gasteiger charge is 2.21. The molecule has 0 aliphatic heterocycles. The van der Waals surface area contributed by atoms with E-state index in [1.165, 1.54) is 0 Å². The van der Waals surface area contributed by atoms with Crippen LogP contribution in [0, 0.1) is 0 Å². The third kappa shape index (κ3) is 3.56.